The highest BCUT2D eigenvalue weighted by molar-refractivity contribution is 9.10. The monoisotopic (exact) mass is 676 g/mol. The normalized spacial score (nSPS) is 14.0. The number of urea groups is 1. The van der Waals surface area contributed by atoms with Gasteiger partial charge in [-0.15, -0.1) is 0 Å². The van der Waals surface area contributed by atoms with Crippen molar-refractivity contribution in [2.75, 3.05) is 19.1 Å². The number of imide groups is 2. The molecule has 0 aliphatic carbocycles. The number of nitrogens with zero attached hydrogens (tertiary/aromatic N) is 1. The van der Waals surface area contributed by atoms with Crippen LogP contribution in [0.5, 0.6) is 23.0 Å². The molecule has 0 aromatic heterocycles. The van der Waals surface area contributed by atoms with Gasteiger partial charge in [0.05, 0.1) is 24.9 Å². The minimum atomic E-state index is -0.841. The zero-order chi connectivity index (χ0) is 31.2. The lowest BCUT2D eigenvalue weighted by Crippen LogP contribution is -2.54. The fourth-order valence-electron chi connectivity index (χ4n) is 4.42. The molecule has 0 saturated carbocycles. The molecule has 224 valence electrons. The lowest BCUT2D eigenvalue weighted by Gasteiger charge is -2.26. The molecule has 0 bridgehead atoms. The Hall–Kier alpha value is -4.80. The van der Waals surface area contributed by atoms with Crippen LogP contribution in [0.2, 0.25) is 5.02 Å². The van der Waals surface area contributed by atoms with Crippen LogP contribution in [0.4, 0.5) is 10.5 Å². The van der Waals surface area contributed by atoms with Crippen molar-refractivity contribution in [1.82, 2.24) is 5.32 Å². The van der Waals surface area contributed by atoms with E-state index in [0.29, 0.717) is 29.4 Å². The quantitative estimate of drug-likeness (QED) is 0.143. The summed E-state index contributed by atoms with van der Waals surface area (Å²) in [6.07, 6.45) is 1.34. The molecule has 1 saturated heterocycles. The van der Waals surface area contributed by atoms with Crippen molar-refractivity contribution < 1.29 is 33.3 Å². The molecule has 0 spiro atoms. The van der Waals surface area contributed by atoms with Gasteiger partial charge in [-0.2, -0.15) is 0 Å². The standard InChI is InChI=1S/C33H26BrClN2O7/c1-41-28-16-21(8-13-27(28)43-18-20-6-4-3-5-7-20)19-44-30-26(35)15-22(17-29(30)42-2)14-25-31(38)36-33(40)37(32(25)39)24-11-9-23(34)10-12-24/h3-17H,18-19H2,1-2H3,(H,36,38,40)/b25-14+. The summed E-state index contributed by atoms with van der Waals surface area (Å²) in [7, 11) is 3.01. The van der Waals surface area contributed by atoms with Gasteiger partial charge in [-0.05, 0) is 71.3 Å². The Bertz CT molecular complexity index is 1740. The maximum atomic E-state index is 13.2. The second kappa shape index (κ2) is 13.7. The van der Waals surface area contributed by atoms with Crippen LogP contribution in [0.15, 0.2) is 95.0 Å². The highest BCUT2D eigenvalue weighted by Crippen LogP contribution is 2.38. The Balaban J connectivity index is 1.33. The van der Waals surface area contributed by atoms with Gasteiger partial charge in [-0.1, -0.05) is 63.9 Å². The predicted molar refractivity (Wildman–Crippen MR) is 169 cm³/mol. The molecule has 1 aliphatic heterocycles. The first-order valence-corrected chi connectivity index (χ1v) is 14.5. The van der Waals surface area contributed by atoms with Crippen molar-refractivity contribution in [3.8, 4) is 23.0 Å². The molecule has 5 rings (SSSR count). The van der Waals surface area contributed by atoms with Crippen molar-refractivity contribution in [1.29, 1.82) is 0 Å². The Morgan fingerprint density at radius 2 is 1.50 bits per heavy atom. The third-order valence-corrected chi connectivity index (χ3v) is 7.41. The summed E-state index contributed by atoms with van der Waals surface area (Å²) in [4.78, 5) is 39.3. The van der Waals surface area contributed by atoms with Gasteiger partial charge < -0.3 is 18.9 Å². The van der Waals surface area contributed by atoms with Crippen molar-refractivity contribution >= 4 is 57.1 Å². The Kier molecular flexibility index (Phi) is 9.52. The lowest BCUT2D eigenvalue weighted by molar-refractivity contribution is -0.122. The van der Waals surface area contributed by atoms with E-state index < -0.39 is 17.8 Å². The summed E-state index contributed by atoms with van der Waals surface area (Å²) >= 11 is 9.91. The number of rotatable bonds is 10. The van der Waals surface area contributed by atoms with Crippen LogP contribution in [0, 0.1) is 0 Å². The molecule has 44 heavy (non-hydrogen) atoms. The molecule has 4 amide bonds. The Morgan fingerprint density at radius 1 is 0.795 bits per heavy atom. The molecule has 1 heterocycles. The summed E-state index contributed by atoms with van der Waals surface area (Å²) < 4.78 is 23.8. The maximum Gasteiger partial charge on any atom is 0.335 e. The molecule has 0 unspecified atom stereocenters. The molecule has 0 atom stereocenters. The van der Waals surface area contributed by atoms with E-state index in [2.05, 4.69) is 21.2 Å². The van der Waals surface area contributed by atoms with Gasteiger partial charge in [-0.3, -0.25) is 14.9 Å². The van der Waals surface area contributed by atoms with Crippen LogP contribution in [0.1, 0.15) is 16.7 Å². The van der Waals surface area contributed by atoms with E-state index in [-0.39, 0.29) is 28.7 Å². The van der Waals surface area contributed by atoms with Crippen LogP contribution >= 0.6 is 27.5 Å². The Labute approximate surface area is 267 Å². The topological polar surface area (TPSA) is 103 Å². The third kappa shape index (κ3) is 6.88. The van der Waals surface area contributed by atoms with Crippen molar-refractivity contribution in [3.63, 3.8) is 0 Å². The molecule has 1 fully saturated rings. The maximum absolute atomic E-state index is 13.2. The highest BCUT2D eigenvalue weighted by Gasteiger charge is 2.36. The highest BCUT2D eigenvalue weighted by atomic mass is 79.9. The second-order valence-electron chi connectivity index (χ2n) is 9.52. The van der Waals surface area contributed by atoms with Gasteiger partial charge in [0, 0.05) is 4.47 Å². The first kappa shape index (κ1) is 30.7. The van der Waals surface area contributed by atoms with Crippen LogP contribution in [-0.2, 0) is 22.8 Å². The van der Waals surface area contributed by atoms with E-state index in [0.717, 1.165) is 20.5 Å². The zero-order valence-electron chi connectivity index (χ0n) is 23.6. The molecular weight excluding hydrogens is 652 g/mol. The molecule has 11 heteroatoms. The number of nitrogens with one attached hydrogen (secondary N) is 1. The number of ether oxygens (including phenoxy) is 4. The fourth-order valence-corrected chi connectivity index (χ4v) is 4.96. The average Bonchev–Trinajstić information content (AvgIpc) is 3.02. The number of carbonyl (C=O) groups excluding carboxylic acids is 3. The number of methoxy groups -OCH3 is 2. The summed E-state index contributed by atoms with van der Waals surface area (Å²) in [6, 6.07) is 24.1. The molecular formula is C33H26BrClN2O7. The van der Waals surface area contributed by atoms with Gasteiger partial charge in [-0.25, -0.2) is 9.69 Å². The molecule has 4 aromatic rings. The number of halogens is 2. The van der Waals surface area contributed by atoms with E-state index >= 15 is 0 Å². The number of benzene rings is 4. The third-order valence-electron chi connectivity index (χ3n) is 6.60. The summed E-state index contributed by atoms with van der Waals surface area (Å²) in [5, 5.41) is 2.40. The number of hydrogen-bond donors (Lipinski definition) is 1. The number of amides is 4. The number of carbonyl (C=O) groups is 3. The fraction of sp³-hybridized carbons (Fsp3) is 0.121. The van der Waals surface area contributed by atoms with E-state index in [4.69, 9.17) is 30.5 Å². The minimum Gasteiger partial charge on any atom is -0.493 e. The lowest BCUT2D eigenvalue weighted by atomic mass is 10.1. The molecule has 0 radical (unpaired) electrons. The number of hydrogen-bond acceptors (Lipinski definition) is 7. The van der Waals surface area contributed by atoms with Gasteiger partial charge >= 0.3 is 6.03 Å². The van der Waals surface area contributed by atoms with Gasteiger partial charge in [0.2, 0.25) is 0 Å². The molecule has 1 aliphatic rings. The first-order valence-electron chi connectivity index (χ1n) is 13.3. The van der Waals surface area contributed by atoms with E-state index in [1.54, 1.807) is 37.4 Å². The van der Waals surface area contributed by atoms with E-state index in [9.17, 15) is 14.4 Å². The average molecular weight is 678 g/mol. The molecule has 1 N–H and O–H groups in total. The van der Waals surface area contributed by atoms with Crippen LogP contribution in [-0.4, -0.2) is 32.1 Å². The Morgan fingerprint density at radius 3 is 2.20 bits per heavy atom. The van der Waals surface area contributed by atoms with Crippen LogP contribution in [0.3, 0.4) is 0 Å². The smallest absolute Gasteiger partial charge is 0.335 e. The SMILES string of the molecule is COc1cc(COc2c(Cl)cc(/C=C3\C(=O)NC(=O)N(c4ccc(Br)cc4)C3=O)cc2OC)ccc1OCc1ccccc1. The number of barbiturate groups is 1. The van der Waals surface area contributed by atoms with Crippen LogP contribution in [0.25, 0.3) is 6.08 Å². The van der Waals surface area contributed by atoms with E-state index in [1.165, 1.54) is 19.3 Å². The second-order valence-corrected chi connectivity index (χ2v) is 10.8. The van der Waals surface area contributed by atoms with Crippen LogP contribution < -0.4 is 29.2 Å². The summed E-state index contributed by atoms with van der Waals surface area (Å²) in [6.45, 7) is 0.533. The molecule has 4 aromatic carbocycles. The largest absolute Gasteiger partial charge is 0.493 e. The van der Waals surface area contributed by atoms with Gasteiger partial charge in [0.1, 0.15) is 18.8 Å². The predicted octanol–water partition coefficient (Wildman–Crippen LogP) is 6.94. The minimum absolute atomic E-state index is 0.136. The number of anilines is 1. The van der Waals surface area contributed by atoms with Crippen molar-refractivity contribution in [2.45, 2.75) is 13.2 Å². The van der Waals surface area contributed by atoms with Crippen molar-refractivity contribution in [2.24, 2.45) is 0 Å². The zero-order valence-corrected chi connectivity index (χ0v) is 26.0. The first-order chi connectivity index (χ1) is 21.3. The molecule has 9 nitrogen and oxygen atoms in total. The summed E-state index contributed by atoms with van der Waals surface area (Å²) in [5.41, 5.74) is 2.28. The van der Waals surface area contributed by atoms with Gasteiger partial charge in [0.15, 0.2) is 23.0 Å². The summed E-state index contributed by atoms with van der Waals surface area (Å²) in [5.74, 6) is 0.0907. The van der Waals surface area contributed by atoms with Crippen molar-refractivity contribution in [3.05, 3.63) is 117 Å². The van der Waals surface area contributed by atoms with Gasteiger partial charge in [0.25, 0.3) is 11.8 Å². The van der Waals surface area contributed by atoms with E-state index in [1.807, 2.05) is 48.5 Å².